The lowest BCUT2D eigenvalue weighted by atomic mass is 10.5. The summed E-state index contributed by atoms with van der Waals surface area (Å²) >= 11 is 3.24. The van der Waals surface area contributed by atoms with Gasteiger partial charge in [0, 0.05) is 11.0 Å². The van der Waals surface area contributed by atoms with E-state index in [1.807, 2.05) is 11.9 Å². The molecule has 0 amide bonds. The largest absolute Gasteiger partial charge is 0.291 e. The zero-order chi connectivity index (χ0) is 7.28. The highest BCUT2D eigenvalue weighted by Gasteiger charge is 1.93. The normalized spacial score (nSPS) is 9.11. The van der Waals surface area contributed by atoms with Crippen molar-refractivity contribution in [2.45, 2.75) is 0 Å². The molecule has 0 unspecified atom stereocenters. The summed E-state index contributed by atoms with van der Waals surface area (Å²) in [6.45, 7) is 5.16. The minimum absolute atomic E-state index is 0.671. The van der Waals surface area contributed by atoms with Gasteiger partial charge >= 0.3 is 0 Å². The smallest absolute Gasteiger partial charge is 0.0599 e. The summed E-state index contributed by atoms with van der Waals surface area (Å²) in [5.41, 5.74) is 0. The van der Waals surface area contributed by atoms with Crippen LogP contribution in [0, 0.1) is 12.3 Å². The van der Waals surface area contributed by atoms with Crippen LogP contribution < -0.4 is 0 Å². The molecule has 0 rings (SSSR count). The number of hydrogen-bond donors (Lipinski definition) is 0. The first-order valence-corrected chi connectivity index (χ1v) is 3.41. The molecule has 0 radical (unpaired) electrons. The maximum Gasteiger partial charge on any atom is 0.0599 e. The van der Waals surface area contributed by atoms with E-state index in [1.165, 1.54) is 0 Å². The maximum atomic E-state index is 5.07. The fourth-order valence-corrected chi connectivity index (χ4v) is 0.933. The number of rotatable bonds is 3. The zero-order valence-corrected chi connectivity index (χ0v) is 7.11. The molecule has 1 nitrogen and oxygen atoms in total. The van der Waals surface area contributed by atoms with Crippen LogP contribution in [0.2, 0.25) is 0 Å². The molecular formula is C7H10BrN. The Kier molecular flexibility index (Phi) is 4.47. The van der Waals surface area contributed by atoms with Crippen LogP contribution in [0.4, 0.5) is 0 Å². The quantitative estimate of drug-likeness (QED) is 0.606. The molecule has 0 heterocycles. The summed E-state index contributed by atoms with van der Waals surface area (Å²) in [6.07, 6.45) is 5.07. The molecule has 0 aromatic carbocycles. The number of nitrogens with zero attached hydrogens (tertiary/aromatic N) is 1. The third kappa shape index (κ3) is 5.61. The summed E-state index contributed by atoms with van der Waals surface area (Å²) < 4.78 is 0.959. The van der Waals surface area contributed by atoms with Crippen molar-refractivity contribution in [2.75, 3.05) is 20.1 Å². The van der Waals surface area contributed by atoms with Gasteiger partial charge in [0.1, 0.15) is 0 Å². The Bertz CT molecular complexity index is 134. The molecular weight excluding hydrogens is 178 g/mol. The fourth-order valence-electron chi connectivity index (χ4n) is 0.505. The zero-order valence-electron chi connectivity index (χ0n) is 5.52. The van der Waals surface area contributed by atoms with Gasteiger partial charge in [-0.2, -0.15) is 0 Å². The minimum atomic E-state index is 0.671. The summed E-state index contributed by atoms with van der Waals surface area (Å²) in [5, 5.41) is 0. The van der Waals surface area contributed by atoms with Gasteiger partial charge in [0.15, 0.2) is 0 Å². The van der Waals surface area contributed by atoms with E-state index < -0.39 is 0 Å². The van der Waals surface area contributed by atoms with Crippen LogP contribution in [0.15, 0.2) is 11.1 Å². The van der Waals surface area contributed by atoms with Crippen molar-refractivity contribution in [3.8, 4) is 12.3 Å². The van der Waals surface area contributed by atoms with Crippen molar-refractivity contribution in [1.82, 2.24) is 4.90 Å². The number of terminal acetylenes is 1. The van der Waals surface area contributed by atoms with Crippen molar-refractivity contribution in [3.63, 3.8) is 0 Å². The number of hydrogen-bond acceptors (Lipinski definition) is 1. The highest BCUT2D eigenvalue weighted by Crippen LogP contribution is 2.00. The molecule has 0 aromatic rings. The van der Waals surface area contributed by atoms with Crippen LogP contribution >= 0.6 is 15.9 Å². The van der Waals surface area contributed by atoms with E-state index in [1.54, 1.807) is 0 Å². The third-order valence-corrected chi connectivity index (χ3v) is 1.05. The van der Waals surface area contributed by atoms with Gasteiger partial charge in [-0.15, -0.1) is 6.42 Å². The first kappa shape index (κ1) is 8.74. The Morgan fingerprint density at radius 3 is 2.78 bits per heavy atom. The van der Waals surface area contributed by atoms with Gasteiger partial charge < -0.3 is 0 Å². The number of likely N-dealkylation sites (N-methyl/N-ethyl adjacent to an activating group) is 1. The van der Waals surface area contributed by atoms with Gasteiger partial charge in [0.2, 0.25) is 0 Å². The lowest BCUT2D eigenvalue weighted by molar-refractivity contribution is 0.417. The van der Waals surface area contributed by atoms with Crippen LogP contribution in [-0.4, -0.2) is 25.0 Å². The molecule has 9 heavy (non-hydrogen) atoms. The molecule has 0 aromatic heterocycles. The summed E-state index contributed by atoms with van der Waals surface area (Å²) in [6, 6.07) is 0. The second-order valence-electron chi connectivity index (χ2n) is 1.89. The standard InChI is InChI=1S/C7H10BrN/c1-4-5-9(3)6-7(2)8/h1H,2,5-6H2,3H3. The van der Waals surface area contributed by atoms with Gasteiger partial charge in [0.25, 0.3) is 0 Å². The predicted octanol–water partition coefficient (Wildman–Crippen LogP) is 1.46. The van der Waals surface area contributed by atoms with Crippen LogP contribution in [0.1, 0.15) is 0 Å². The van der Waals surface area contributed by atoms with Gasteiger partial charge in [-0.1, -0.05) is 28.4 Å². The van der Waals surface area contributed by atoms with Crippen LogP contribution in [-0.2, 0) is 0 Å². The van der Waals surface area contributed by atoms with Crippen molar-refractivity contribution in [1.29, 1.82) is 0 Å². The topological polar surface area (TPSA) is 3.24 Å². The van der Waals surface area contributed by atoms with Crippen LogP contribution in [0.3, 0.4) is 0 Å². The van der Waals surface area contributed by atoms with E-state index in [9.17, 15) is 0 Å². The fraction of sp³-hybridized carbons (Fsp3) is 0.429. The molecule has 50 valence electrons. The summed E-state index contributed by atoms with van der Waals surface area (Å²) in [7, 11) is 1.95. The average Bonchev–Trinajstić information content (AvgIpc) is 1.63. The second-order valence-corrected chi connectivity index (χ2v) is 3.02. The molecule has 0 aliphatic carbocycles. The molecule has 0 fully saturated rings. The van der Waals surface area contributed by atoms with Gasteiger partial charge in [-0.3, -0.25) is 4.90 Å². The van der Waals surface area contributed by atoms with Gasteiger partial charge in [-0.25, -0.2) is 0 Å². The molecule has 0 saturated heterocycles. The Morgan fingerprint density at radius 1 is 1.89 bits per heavy atom. The summed E-state index contributed by atoms with van der Waals surface area (Å²) in [4.78, 5) is 2.00. The Labute approximate surface area is 64.9 Å². The Balaban J connectivity index is 3.40. The van der Waals surface area contributed by atoms with Crippen molar-refractivity contribution in [3.05, 3.63) is 11.1 Å². The Morgan fingerprint density at radius 2 is 2.44 bits per heavy atom. The Hall–Kier alpha value is -0.260. The SMILES string of the molecule is C#CCN(C)CC(=C)Br. The molecule has 0 bridgehead atoms. The molecule has 0 spiro atoms. The lowest BCUT2D eigenvalue weighted by Gasteiger charge is -2.10. The first-order valence-electron chi connectivity index (χ1n) is 2.62. The van der Waals surface area contributed by atoms with Crippen molar-refractivity contribution < 1.29 is 0 Å². The van der Waals surface area contributed by atoms with E-state index >= 15 is 0 Å². The van der Waals surface area contributed by atoms with E-state index in [0.717, 1.165) is 11.0 Å². The monoisotopic (exact) mass is 187 g/mol. The average molecular weight is 188 g/mol. The van der Waals surface area contributed by atoms with Crippen LogP contribution in [0.5, 0.6) is 0 Å². The summed E-state index contributed by atoms with van der Waals surface area (Å²) in [5.74, 6) is 2.54. The van der Waals surface area contributed by atoms with Gasteiger partial charge in [-0.05, 0) is 7.05 Å². The number of halogens is 1. The third-order valence-electron chi connectivity index (χ3n) is 0.803. The molecule has 0 atom stereocenters. The van der Waals surface area contributed by atoms with Crippen LogP contribution in [0.25, 0.3) is 0 Å². The van der Waals surface area contributed by atoms with E-state index in [0.29, 0.717) is 6.54 Å². The van der Waals surface area contributed by atoms with Crippen molar-refractivity contribution >= 4 is 15.9 Å². The van der Waals surface area contributed by atoms with Crippen molar-refractivity contribution in [2.24, 2.45) is 0 Å². The predicted molar refractivity (Wildman–Crippen MR) is 44.4 cm³/mol. The van der Waals surface area contributed by atoms with E-state index in [-0.39, 0.29) is 0 Å². The lowest BCUT2D eigenvalue weighted by Crippen LogP contribution is -2.19. The highest BCUT2D eigenvalue weighted by atomic mass is 79.9. The van der Waals surface area contributed by atoms with E-state index in [2.05, 4.69) is 28.4 Å². The second kappa shape index (κ2) is 4.60. The molecule has 0 saturated carbocycles. The maximum absolute atomic E-state index is 5.07. The molecule has 0 N–H and O–H groups in total. The highest BCUT2D eigenvalue weighted by molar-refractivity contribution is 9.11. The molecule has 0 aliphatic heterocycles. The molecule has 2 heteroatoms. The van der Waals surface area contributed by atoms with Gasteiger partial charge in [0.05, 0.1) is 6.54 Å². The minimum Gasteiger partial charge on any atom is -0.291 e. The van der Waals surface area contributed by atoms with E-state index in [4.69, 9.17) is 6.42 Å². The molecule has 0 aliphatic rings. The first-order chi connectivity index (χ1) is 4.16.